The smallest absolute Gasteiger partial charge is 0.0805 e. The fourth-order valence-corrected chi connectivity index (χ4v) is 0.888. The fourth-order valence-electron chi connectivity index (χ4n) is 0.888. The summed E-state index contributed by atoms with van der Waals surface area (Å²) in [7, 11) is 3.00. The fraction of sp³-hybridized carbons (Fsp3) is 0.250. The van der Waals surface area contributed by atoms with Crippen LogP contribution in [0.4, 0.5) is 11.4 Å². The van der Waals surface area contributed by atoms with Gasteiger partial charge in [0, 0.05) is 0 Å². The Labute approximate surface area is 70.8 Å². The van der Waals surface area contributed by atoms with Crippen molar-refractivity contribution in [2.24, 2.45) is 0 Å². The molecule has 0 heterocycles. The molecule has 0 spiro atoms. The van der Waals surface area contributed by atoms with E-state index in [0.29, 0.717) is 0 Å². The van der Waals surface area contributed by atoms with Gasteiger partial charge in [-0.3, -0.25) is 0 Å². The summed E-state index contributed by atoms with van der Waals surface area (Å²) in [4.78, 5) is 0. The predicted molar refractivity (Wildman–Crippen MR) is 43.2 cm³/mol. The SMILES string of the molecule is C[N-]c1cc([N-]C)c([O-])cc1[O-]. The molecule has 0 unspecified atom stereocenters. The minimum Gasteiger partial charge on any atom is -0.873 e. The van der Waals surface area contributed by atoms with Crippen LogP contribution in [0.3, 0.4) is 0 Å². The average Bonchev–Trinajstić information content (AvgIpc) is 2.05. The lowest BCUT2D eigenvalue weighted by molar-refractivity contribution is -0.278. The van der Waals surface area contributed by atoms with Crippen molar-refractivity contribution < 1.29 is 10.2 Å². The van der Waals surface area contributed by atoms with Crippen LogP contribution in [0.25, 0.3) is 10.6 Å². The van der Waals surface area contributed by atoms with Crippen molar-refractivity contribution in [2.45, 2.75) is 0 Å². The monoisotopic (exact) mass is 164 g/mol. The Morgan fingerprint density at radius 2 is 1.33 bits per heavy atom. The van der Waals surface area contributed by atoms with E-state index < -0.39 is 0 Å². The third kappa shape index (κ3) is 1.37. The van der Waals surface area contributed by atoms with Gasteiger partial charge in [0.1, 0.15) is 0 Å². The first-order valence-corrected chi connectivity index (χ1v) is 3.40. The van der Waals surface area contributed by atoms with E-state index in [2.05, 4.69) is 10.6 Å². The van der Waals surface area contributed by atoms with Gasteiger partial charge in [-0.05, 0) is 0 Å². The van der Waals surface area contributed by atoms with Crippen molar-refractivity contribution in [3.63, 3.8) is 0 Å². The molecule has 1 rings (SSSR count). The van der Waals surface area contributed by atoms with Crippen LogP contribution in [0.2, 0.25) is 0 Å². The van der Waals surface area contributed by atoms with Crippen LogP contribution in [0.5, 0.6) is 11.5 Å². The van der Waals surface area contributed by atoms with Gasteiger partial charge < -0.3 is 20.8 Å². The zero-order chi connectivity index (χ0) is 9.14. The summed E-state index contributed by atoms with van der Waals surface area (Å²) >= 11 is 0. The molecule has 1 aromatic rings. The zero-order valence-electron chi connectivity index (χ0n) is 6.87. The molecular weight excluding hydrogens is 156 g/mol. The third-order valence-corrected chi connectivity index (χ3v) is 1.52. The van der Waals surface area contributed by atoms with E-state index in [4.69, 9.17) is 0 Å². The van der Waals surface area contributed by atoms with Crippen molar-refractivity contribution in [3.8, 4) is 11.5 Å². The van der Waals surface area contributed by atoms with E-state index in [1.54, 1.807) is 0 Å². The van der Waals surface area contributed by atoms with Gasteiger partial charge in [0.2, 0.25) is 0 Å². The second-order valence-corrected chi connectivity index (χ2v) is 2.23. The summed E-state index contributed by atoms with van der Waals surface area (Å²) in [5, 5.41) is 29.4. The first kappa shape index (κ1) is 8.52. The Bertz CT molecular complexity index is 261. The van der Waals surface area contributed by atoms with E-state index in [0.717, 1.165) is 6.07 Å². The maximum absolute atomic E-state index is 11.0. The van der Waals surface area contributed by atoms with Gasteiger partial charge in [0.15, 0.2) is 0 Å². The minimum absolute atomic E-state index is 0.273. The molecule has 0 atom stereocenters. The summed E-state index contributed by atoms with van der Waals surface area (Å²) < 4.78 is 0. The van der Waals surface area contributed by atoms with Gasteiger partial charge in [0.05, 0.1) is 0 Å². The highest BCUT2D eigenvalue weighted by Crippen LogP contribution is 2.37. The number of rotatable bonds is 2. The summed E-state index contributed by atoms with van der Waals surface area (Å²) in [5.74, 6) is -0.704. The zero-order valence-corrected chi connectivity index (χ0v) is 6.87. The molecule has 0 saturated heterocycles. The number of nitrogens with zero attached hydrogens (tertiary/aromatic N) is 2. The molecule has 0 aliphatic heterocycles. The summed E-state index contributed by atoms with van der Waals surface area (Å²) in [6.07, 6.45) is 0. The molecular formula is C8H8N2O2-4. The van der Waals surface area contributed by atoms with Crippen molar-refractivity contribution in [3.05, 3.63) is 22.8 Å². The Morgan fingerprint density at radius 3 is 1.67 bits per heavy atom. The average molecular weight is 164 g/mol. The highest BCUT2D eigenvalue weighted by atomic mass is 16.3. The highest BCUT2D eigenvalue weighted by Gasteiger charge is 1.82. The van der Waals surface area contributed by atoms with Crippen LogP contribution in [0.1, 0.15) is 0 Å². The molecule has 4 heteroatoms. The highest BCUT2D eigenvalue weighted by molar-refractivity contribution is 5.72. The molecule has 0 bridgehead atoms. The molecule has 1 aromatic carbocycles. The maximum Gasteiger partial charge on any atom is -0.0805 e. The van der Waals surface area contributed by atoms with Crippen molar-refractivity contribution >= 4 is 11.4 Å². The third-order valence-electron chi connectivity index (χ3n) is 1.52. The topological polar surface area (TPSA) is 74.3 Å². The molecule has 12 heavy (non-hydrogen) atoms. The molecule has 0 saturated carbocycles. The quantitative estimate of drug-likeness (QED) is 0.656. The Hall–Kier alpha value is -1.58. The Morgan fingerprint density at radius 1 is 0.917 bits per heavy atom. The Balaban J connectivity index is 3.18. The van der Waals surface area contributed by atoms with Crippen LogP contribution < -0.4 is 10.2 Å². The first-order valence-electron chi connectivity index (χ1n) is 3.40. The second-order valence-electron chi connectivity index (χ2n) is 2.23. The van der Waals surface area contributed by atoms with Crippen LogP contribution in [-0.2, 0) is 0 Å². The van der Waals surface area contributed by atoms with Gasteiger partial charge in [-0.1, -0.05) is 12.1 Å². The largest absolute Gasteiger partial charge is 0.873 e. The molecule has 0 amide bonds. The molecule has 4 nitrogen and oxygen atoms in total. The standard InChI is InChI=1S/C8H10N2O2/c1-9-5-3-6(10-2)8(12)4-7(5)11/h3-4,11-12H,1-2H3/q-2/p-2. The molecule has 0 fully saturated rings. The summed E-state index contributed by atoms with van der Waals surface area (Å²) in [6, 6.07) is 2.40. The van der Waals surface area contributed by atoms with Crippen LogP contribution in [-0.4, -0.2) is 14.1 Å². The van der Waals surface area contributed by atoms with Gasteiger partial charge in [-0.2, -0.15) is 0 Å². The minimum atomic E-state index is -0.352. The van der Waals surface area contributed by atoms with Gasteiger partial charge in [-0.25, -0.2) is 0 Å². The van der Waals surface area contributed by atoms with Gasteiger partial charge in [0.25, 0.3) is 0 Å². The molecule has 66 valence electrons. The van der Waals surface area contributed by atoms with E-state index >= 15 is 0 Å². The van der Waals surface area contributed by atoms with Gasteiger partial charge in [-0.15, -0.1) is 37.0 Å². The number of hydrogen-bond acceptors (Lipinski definition) is 2. The Kier molecular flexibility index (Phi) is 2.28. The van der Waals surface area contributed by atoms with Crippen LogP contribution >= 0.6 is 0 Å². The molecule has 0 aliphatic rings. The van der Waals surface area contributed by atoms with Crippen molar-refractivity contribution in [1.29, 1.82) is 0 Å². The molecule has 0 aromatic heterocycles. The van der Waals surface area contributed by atoms with E-state index in [-0.39, 0.29) is 22.9 Å². The summed E-state index contributed by atoms with van der Waals surface area (Å²) in [5.41, 5.74) is 0.547. The van der Waals surface area contributed by atoms with E-state index in [1.165, 1.54) is 20.2 Å². The van der Waals surface area contributed by atoms with Crippen molar-refractivity contribution in [2.75, 3.05) is 14.1 Å². The van der Waals surface area contributed by atoms with E-state index in [1.807, 2.05) is 0 Å². The predicted octanol–water partition coefficient (Wildman–Crippen LogP) is 1.10. The van der Waals surface area contributed by atoms with Crippen LogP contribution in [0, 0.1) is 0 Å². The molecule has 0 N–H and O–H groups in total. The lowest BCUT2D eigenvalue weighted by Crippen LogP contribution is -1.95. The maximum atomic E-state index is 11.0. The number of benzene rings is 1. The molecule has 0 aliphatic carbocycles. The van der Waals surface area contributed by atoms with E-state index in [9.17, 15) is 10.2 Å². The second kappa shape index (κ2) is 3.21. The van der Waals surface area contributed by atoms with Crippen LogP contribution in [0.15, 0.2) is 12.1 Å². The lowest BCUT2D eigenvalue weighted by atomic mass is 10.2. The first-order chi connectivity index (χ1) is 5.69. The lowest BCUT2D eigenvalue weighted by Gasteiger charge is -2.32. The summed E-state index contributed by atoms with van der Waals surface area (Å²) in [6.45, 7) is 0. The molecule has 0 radical (unpaired) electrons. The normalized spacial score (nSPS) is 9.50. The van der Waals surface area contributed by atoms with Crippen molar-refractivity contribution in [1.82, 2.24) is 0 Å². The number of hydrogen-bond donors (Lipinski definition) is 0. The van der Waals surface area contributed by atoms with Gasteiger partial charge >= 0.3 is 0 Å².